The molecule has 1 N–H and O–H groups in total. The highest BCUT2D eigenvalue weighted by atomic mass is 19.1. The summed E-state index contributed by atoms with van der Waals surface area (Å²) in [6.45, 7) is 10.8. The Kier molecular flexibility index (Phi) is 8.58. The fraction of sp³-hybridized carbons (Fsp3) is 0.440. The number of nitrogens with zero attached hydrogens (tertiary/aromatic N) is 1. The molecule has 0 radical (unpaired) electrons. The second-order valence-electron chi connectivity index (χ2n) is 8.31. The summed E-state index contributed by atoms with van der Waals surface area (Å²) in [5, 5.41) is 2.95. The Labute approximate surface area is 179 Å². The number of benzene rings is 2. The minimum atomic E-state index is -0.576. The molecule has 0 aliphatic heterocycles. The smallest absolute Gasteiger partial charge is 0.242 e. The van der Waals surface area contributed by atoms with Gasteiger partial charge in [-0.2, -0.15) is 0 Å². The molecule has 0 saturated carbocycles. The van der Waals surface area contributed by atoms with Crippen LogP contribution in [0.3, 0.4) is 0 Å². The van der Waals surface area contributed by atoms with Crippen LogP contribution < -0.4 is 5.32 Å². The van der Waals surface area contributed by atoms with E-state index >= 15 is 0 Å². The van der Waals surface area contributed by atoms with Crippen molar-refractivity contribution in [2.24, 2.45) is 5.92 Å². The summed E-state index contributed by atoms with van der Waals surface area (Å²) >= 11 is 0. The fourth-order valence-corrected chi connectivity index (χ4v) is 3.32. The van der Waals surface area contributed by atoms with Crippen LogP contribution in [0.4, 0.5) is 4.39 Å². The van der Waals surface area contributed by atoms with E-state index in [2.05, 4.69) is 5.32 Å². The lowest BCUT2D eigenvalue weighted by Crippen LogP contribution is -2.50. The van der Waals surface area contributed by atoms with Gasteiger partial charge in [0, 0.05) is 13.1 Å². The lowest BCUT2D eigenvalue weighted by molar-refractivity contribution is -0.141. The third kappa shape index (κ3) is 6.68. The second kappa shape index (κ2) is 10.9. The first-order valence-electron chi connectivity index (χ1n) is 10.6. The molecule has 0 saturated heterocycles. The number of aryl methyl sites for hydroxylation is 2. The number of rotatable bonds is 9. The first-order chi connectivity index (χ1) is 14.2. The first kappa shape index (κ1) is 23.6. The highest BCUT2D eigenvalue weighted by Crippen LogP contribution is 2.17. The molecular weight excluding hydrogens is 379 g/mol. The fourth-order valence-electron chi connectivity index (χ4n) is 3.32. The molecule has 0 aliphatic rings. The third-order valence-electron chi connectivity index (χ3n) is 5.26. The van der Waals surface area contributed by atoms with Gasteiger partial charge in [-0.1, -0.05) is 51.1 Å². The van der Waals surface area contributed by atoms with Gasteiger partial charge >= 0.3 is 0 Å². The van der Waals surface area contributed by atoms with Crippen molar-refractivity contribution in [2.45, 2.75) is 60.0 Å². The number of amides is 2. The molecule has 0 aromatic heterocycles. The van der Waals surface area contributed by atoms with Crippen LogP contribution in [0.15, 0.2) is 42.5 Å². The monoisotopic (exact) mass is 412 g/mol. The van der Waals surface area contributed by atoms with Crippen molar-refractivity contribution < 1.29 is 14.0 Å². The average molecular weight is 413 g/mol. The number of hydrogen-bond donors (Lipinski definition) is 1. The van der Waals surface area contributed by atoms with Gasteiger partial charge in [0.25, 0.3) is 0 Å². The molecule has 30 heavy (non-hydrogen) atoms. The molecule has 5 heteroatoms. The molecule has 0 aliphatic carbocycles. The average Bonchev–Trinajstić information content (AvgIpc) is 2.70. The van der Waals surface area contributed by atoms with Gasteiger partial charge in [-0.25, -0.2) is 4.39 Å². The Balaban J connectivity index is 2.27. The maximum Gasteiger partial charge on any atom is 0.242 e. The van der Waals surface area contributed by atoms with Crippen LogP contribution in [-0.2, 0) is 22.6 Å². The van der Waals surface area contributed by atoms with E-state index in [0.29, 0.717) is 18.9 Å². The molecular formula is C25H33FN2O2. The number of hydrogen-bond acceptors (Lipinski definition) is 2. The van der Waals surface area contributed by atoms with Gasteiger partial charge in [0.1, 0.15) is 11.9 Å². The van der Waals surface area contributed by atoms with Crippen LogP contribution in [-0.4, -0.2) is 29.3 Å². The summed E-state index contributed by atoms with van der Waals surface area (Å²) in [4.78, 5) is 27.8. The van der Waals surface area contributed by atoms with Crippen molar-refractivity contribution in [3.63, 3.8) is 0 Å². The second-order valence-corrected chi connectivity index (χ2v) is 8.31. The van der Waals surface area contributed by atoms with Gasteiger partial charge in [0.05, 0.1) is 6.42 Å². The van der Waals surface area contributed by atoms with Crippen LogP contribution in [0, 0.1) is 25.6 Å². The van der Waals surface area contributed by atoms with Crippen LogP contribution in [0.25, 0.3) is 0 Å². The van der Waals surface area contributed by atoms with Crippen molar-refractivity contribution >= 4 is 11.8 Å². The predicted molar refractivity (Wildman–Crippen MR) is 118 cm³/mol. The Morgan fingerprint density at radius 1 is 1.00 bits per heavy atom. The summed E-state index contributed by atoms with van der Waals surface area (Å²) in [5.74, 6) is -0.271. The summed E-state index contributed by atoms with van der Waals surface area (Å²) in [6, 6.07) is 11.5. The van der Waals surface area contributed by atoms with Crippen LogP contribution >= 0.6 is 0 Å². The summed E-state index contributed by atoms with van der Waals surface area (Å²) in [7, 11) is 0. The first-order valence-corrected chi connectivity index (χ1v) is 10.6. The minimum Gasteiger partial charge on any atom is -0.354 e. The predicted octanol–water partition coefficient (Wildman–Crippen LogP) is 4.56. The molecule has 0 spiro atoms. The maximum atomic E-state index is 13.3. The summed E-state index contributed by atoms with van der Waals surface area (Å²) < 4.78 is 13.3. The van der Waals surface area contributed by atoms with Gasteiger partial charge in [-0.15, -0.1) is 0 Å². The number of halogens is 1. The standard InChI is InChI=1S/C25H33FN2O2/c1-6-23(25(30)27-15-17(2)3)28(16-20-9-11-22(26)12-10-20)24(29)14-21-8-7-18(4)19(5)13-21/h7-13,17,23H,6,14-16H2,1-5H3,(H,27,30)/t23-/m1/s1. The van der Waals surface area contributed by atoms with Gasteiger partial charge in [0.2, 0.25) is 11.8 Å². The van der Waals surface area contributed by atoms with E-state index in [1.165, 1.54) is 17.7 Å². The topological polar surface area (TPSA) is 49.4 Å². The van der Waals surface area contributed by atoms with E-state index in [1.807, 2.05) is 52.8 Å². The van der Waals surface area contributed by atoms with Crippen molar-refractivity contribution in [1.82, 2.24) is 10.2 Å². The van der Waals surface area contributed by atoms with Crippen molar-refractivity contribution in [3.05, 3.63) is 70.5 Å². The summed E-state index contributed by atoms with van der Waals surface area (Å²) in [6.07, 6.45) is 0.722. The quantitative estimate of drug-likeness (QED) is 0.656. The zero-order chi connectivity index (χ0) is 22.3. The molecule has 4 nitrogen and oxygen atoms in total. The van der Waals surface area contributed by atoms with E-state index in [-0.39, 0.29) is 30.6 Å². The van der Waals surface area contributed by atoms with E-state index in [9.17, 15) is 14.0 Å². The van der Waals surface area contributed by atoms with Gasteiger partial charge < -0.3 is 10.2 Å². The van der Waals surface area contributed by atoms with Crippen LogP contribution in [0.1, 0.15) is 49.4 Å². The minimum absolute atomic E-state index is 0.117. The Morgan fingerprint density at radius 3 is 2.20 bits per heavy atom. The largest absolute Gasteiger partial charge is 0.354 e. The normalized spacial score (nSPS) is 12.0. The zero-order valence-electron chi connectivity index (χ0n) is 18.7. The van der Waals surface area contributed by atoms with Crippen LogP contribution in [0.2, 0.25) is 0 Å². The molecule has 0 bridgehead atoms. The van der Waals surface area contributed by atoms with E-state index in [0.717, 1.165) is 16.7 Å². The highest BCUT2D eigenvalue weighted by molar-refractivity contribution is 5.88. The van der Waals surface area contributed by atoms with Gasteiger partial charge in [-0.05, 0) is 60.6 Å². The van der Waals surface area contributed by atoms with Gasteiger partial charge in [-0.3, -0.25) is 9.59 Å². The Morgan fingerprint density at radius 2 is 1.63 bits per heavy atom. The molecule has 0 heterocycles. The molecule has 0 fully saturated rings. The SMILES string of the molecule is CC[C@H](C(=O)NCC(C)C)N(Cc1ccc(F)cc1)C(=O)Cc1ccc(C)c(C)c1. The Bertz CT molecular complexity index is 862. The number of nitrogens with one attached hydrogen (secondary N) is 1. The van der Waals surface area contributed by atoms with Crippen molar-refractivity contribution in [1.29, 1.82) is 0 Å². The van der Waals surface area contributed by atoms with Gasteiger partial charge in [0.15, 0.2) is 0 Å². The molecule has 2 aromatic carbocycles. The maximum absolute atomic E-state index is 13.3. The lowest BCUT2D eigenvalue weighted by atomic mass is 10.0. The van der Waals surface area contributed by atoms with Crippen LogP contribution in [0.5, 0.6) is 0 Å². The Hall–Kier alpha value is -2.69. The van der Waals surface area contributed by atoms with Crippen molar-refractivity contribution in [3.8, 4) is 0 Å². The van der Waals surface area contributed by atoms with E-state index in [1.54, 1.807) is 17.0 Å². The molecule has 162 valence electrons. The molecule has 2 aromatic rings. The third-order valence-corrected chi connectivity index (χ3v) is 5.26. The summed E-state index contributed by atoms with van der Waals surface area (Å²) in [5.41, 5.74) is 4.02. The number of carbonyl (C=O) groups is 2. The molecule has 1 atom stereocenters. The van der Waals surface area contributed by atoms with Crippen molar-refractivity contribution in [2.75, 3.05) is 6.54 Å². The molecule has 0 unspecified atom stereocenters. The van der Waals surface area contributed by atoms with E-state index < -0.39 is 6.04 Å². The molecule has 2 amide bonds. The lowest BCUT2D eigenvalue weighted by Gasteiger charge is -2.31. The number of carbonyl (C=O) groups excluding carboxylic acids is 2. The van der Waals surface area contributed by atoms with E-state index in [4.69, 9.17) is 0 Å². The highest BCUT2D eigenvalue weighted by Gasteiger charge is 2.28. The molecule has 2 rings (SSSR count). The zero-order valence-corrected chi connectivity index (χ0v) is 18.7.